The minimum absolute atomic E-state index is 0.0202. The van der Waals surface area contributed by atoms with E-state index in [0.29, 0.717) is 12.5 Å². The van der Waals surface area contributed by atoms with Gasteiger partial charge in [0.15, 0.2) is 5.65 Å². The molecule has 0 N–H and O–H groups in total. The summed E-state index contributed by atoms with van der Waals surface area (Å²) in [4.78, 5) is 32.3. The molecule has 0 unspecified atom stereocenters. The van der Waals surface area contributed by atoms with Crippen molar-refractivity contribution < 1.29 is 9.63 Å². The Morgan fingerprint density at radius 2 is 1.91 bits per heavy atom. The molecule has 0 radical (unpaired) electrons. The maximum atomic E-state index is 13.3. The van der Waals surface area contributed by atoms with Crippen LogP contribution in [0.4, 0.5) is 0 Å². The summed E-state index contributed by atoms with van der Waals surface area (Å²) < 4.78 is 1.90. The largest absolute Gasteiger partial charge is 0.272 e. The van der Waals surface area contributed by atoms with Crippen molar-refractivity contribution in [2.45, 2.75) is 65.3 Å². The second-order valence-corrected chi connectivity index (χ2v) is 9.27. The Morgan fingerprint density at radius 3 is 2.69 bits per heavy atom. The number of rotatable bonds is 4. The normalized spacial score (nSPS) is 23.7. The van der Waals surface area contributed by atoms with Gasteiger partial charge < -0.3 is 0 Å². The number of aryl methyl sites for hydroxylation is 3. The second kappa shape index (κ2) is 8.58. The summed E-state index contributed by atoms with van der Waals surface area (Å²) in [6.07, 6.45) is 11.3. The molecule has 1 saturated heterocycles. The zero-order valence-electron chi connectivity index (χ0n) is 19.0. The van der Waals surface area contributed by atoms with Crippen LogP contribution in [0, 0.1) is 32.6 Å². The van der Waals surface area contributed by atoms with Crippen LogP contribution in [-0.2, 0) is 16.1 Å². The van der Waals surface area contributed by atoms with Crippen LogP contribution in [-0.4, -0.2) is 42.1 Å². The molecule has 8 nitrogen and oxygen atoms in total. The van der Waals surface area contributed by atoms with Crippen LogP contribution >= 0.6 is 0 Å². The predicted octanol–water partition coefficient (Wildman–Crippen LogP) is 3.70. The van der Waals surface area contributed by atoms with E-state index in [4.69, 9.17) is 4.84 Å². The average molecular weight is 435 g/mol. The van der Waals surface area contributed by atoms with E-state index >= 15 is 0 Å². The highest BCUT2D eigenvalue weighted by Gasteiger charge is 2.38. The Morgan fingerprint density at radius 1 is 1.09 bits per heavy atom. The molecule has 1 aliphatic carbocycles. The second-order valence-electron chi connectivity index (χ2n) is 9.27. The molecule has 1 atom stereocenters. The molecule has 1 aliphatic heterocycles. The van der Waals surface area contributed by atoms with Gasteiger partial charge in [-0.15, -0.1) is 0 Å². The summed E-state index contributed by atoms with van der Waals surface area (Å²) in [5, 5.41) is 6.06. The van der Waals surface area contributed by atoms with Crippen LogP contribution in [0.25, 0.3) is 5.65 Å². The first-order valence-electron chi connectivity index (χ1n) is 11.5. The van der Waals surface area contributed by atoms with Crippen molar-refractivity contribution in [3.63, 3.8) is 0 Å². The zero-order valence-corrected chi connectivity index (χ0v) is 19.0. The molecule has 2 aliphatic rings. The summed E-state index contributed by atoms with van der Waals surface area (Å²) >= 11 is 0. The SMILES string of the molecule is Cc1cncc([C@@H]2CCON2C(=O)C2CCC(Cc3cc(C)c4nc(C)nn4c3)CC2)n1. The Bertz CT molecular complexity index is 1130. The highest BCUT2D eigenvalue weighted by atomic mass is 16.7. The number of fused-ring (bicyclic) bond motifs is 1. The molecular weight excluding hydrogens is 404 g/mol. The van der Waals surface area contributed by atoms with Gasteiger partial charge in [0.25, 0.3) is 0 Å². The quantitative estimate of drug-likeness (QED) is 0.622. The smallest absolute Gasteiger partial charge is 0.249 e. The highest BCUT2D eigenvalue weighted by molar-refractivity contribution is 5.78. The number of hydrogen-bond acceptors (Lipinski definition) is 6. The number of carbonyl (C=O) groups excluding carboxylic acids is 1. The van der Waals surface area contributed by atoms with Gasteiger partial charge in [-0.25, -0.2) is 14.6 Å². The van der Waals surface area contributed by atoms with Crippen LogP contribution < -0.4 is 0 Å². The van der Waals surface area contributed by atoms with Gasteiger partial charge in [0.1, 0.15) is 11.9 Å². The zero-order chi connectivity index (χ0) is 22.2. The van der Waals surface area contributed by atoms with Crippen LogP contribution in [0.2, 0.25) is 0 Å². The van der Waals surface area contributed by atoms with E-state index in [-0.39, 0.29) is 17.9 Å². The molecule has 0 bridgehead atoms. The Hall–Kier alpha value is -2.87. The Balaban J connectivity index is 1.21. The summed E-state index contributed by atoms with van der Waals surface area (Å²) in [6.45, 7) is 6.48. The van der Waals surface area contributed by atoms with Crippen LogP contribution in [0.5, 0.6) is 0 Å². The van der Waals surface area contributed by atoms with E-state index in [1.165, 1.54) is 5.56 Å². The van der Waals surface area contributed by atoms with Crippen LogP contribution in [0.15, 0.2) is 24.7 Å². The van der Waals surface area contributed by atoms with Crippen molar-refractivity contribution in [2.24, 2.45) is 11.8 Å². The molecule has 3 aromatic heterocycles. The minimum Gasteiger partial charge on any atom is -0.272 e. The van der Waals surface area contributed by atoms with E-state index in [1.807, 2.05) is 18.4 Å². The molecular formula is C24H30N6O2. The molecule has 0 spiro atoms. The van der Waals surface area contributed by atoms with Gasteiger partial charge in [0, 0.05) is 24.7 Å². The van der Waals surface area contributed by atoms with E-state index in [0.717, 1.165) is 66.9 Å². The van der Waals surface area contributed by atoms with Crippen molar-refractivity contribution in [1.82, 2.24) is 29.6 Å². The van der Waals surface area contributed by atoms with Gasteiger partial charge in [0.05, 0.1) is 24.2 Å². The molecule has 4 heterocycles. The predicted molar refractivity (Wildman–Crippen MR) is 119 cm³/mol. The first kappa shape index (κ1) is 21.0. The Labute approximate surface area is 188 Å². The third kappa shape index (κ3) is 4.11. The van der Waals surface area contributed by atoms with Crippen molar-refractivity contribution in [3.05, 3.63) is 53.0 Å². The third-order valence-electron chi connectivity index (χ3n) is 6.74. The number of amides is 1. The summed E-state index contributed by atoms with van der Waals surface area (Å²) in [5.41, 5.74) is 5.05. The van der Waals surface area contributed by atoms with Crippen LogP contribution in [0.1, 0.15) is 66.5 Å². The first-order chi connectivity index (χ1) is 15.5. The number of carbonyl (C=O) groups is 1. The van der Waals surface area contributed by atoms with E-state index in [9.17, 15) is 4.79 Å². The minimum atomic E-state index is -0.131. The molecule has 2 fully saturated rings. The van der Waals surface area contributed by atoms with Gasteiger partial charge in [-0.3, -0.25) is 19.6 Å². The van der Waals surface area contributed by atoms with Gasteiger partial charge >= 0.3 is 0 Å². The fourth-order valence-electron chi connectivity index (χ4n) is 5.16. The topological polar surface area (TPSA) is 85.5 Å². The first-order valence-corrected chi connectivity index (χ1v) is 11.5. The van der Waals surface area contributed by atoms with Gasteiger partial charge in [-0.2, -0.15) is 5.10 Å². The number of hydrogen-bond donors (Lipinski definition) is 0. The molecule has 1 saturated carbocycles. The van der Waals surface area contributed by atoms with Crippen LogP contribution in [0.3, 0.4) is 0 Å². The standard InChI is InChI=1S/C24H30N6O2/c1-15-10-19(14-29-23(15)27-17(3)28-29)11-18-4-6-20(7-5-18)24(31)30-22(8-9-32-30)21-13-25-12-16(2)26-21/h10,12-14,18,20,22H,4-9,11H2,1-3H3/t18?,20?,22-/m0/s1. The molecule has 3 aromatic rings. The monoisotopic (exact) mass is 434 g/mol. The maximum absolute atomic E-state index is 13.3. The van der Waals surface area contributed by atoms with Crippen molar-refractivity contribution in [2.75, 3.05) is 6.61 Å². The van der Waals surface area contributed by atoms with Crippen molar-refractivity contribution in [3.8, 4) is 0 Å². The van der Waals surface area contributed by atoms with Gasteiger partial charge in [0.2, 0.25) is 5.91 Å². The third-order valence-corrected chi connectivity index (χ3v) is 6.74. The van der Waals surface area contributed by atoms with Gasteiger partial charge in [-0.05, 0) is 69.9 Å². The van der Waals surface area contributed by atoms with E-state index in [2.05, 4.69) is 39.2 Å². The number of hydroxylamine groups is 2. The lowest BCUT2D eigenvalue weighted by Gasteiger charge is -2.31. The van der Waals surface area contributed by atoms with E-state index < -0.39 is 0 Å². The maximum Gasteiger partial charge on any atom is 0.249 e. The number of nitrogens with zero attached hydrogens (tertiary/aromatic N) is 6. The lowest BCUT2D eigenvalue weighted by Crippen LogP contribution is -2.37. The molecule has 32 heavy (non-hydrogen) atoms. The molecule has 8 heteroatoms. The van der Waals surface area contributed by atoms with Crippen molar-refractivity contribution >= 4 is 11.6 Å². The lowest BCUT2D eigenvalue weighted by molar-refractivity contribution is -0.183. The Kier molecular flexibility index (Phi) is 5.63. The fraction of sp³-hybridized carbons (Fsp3) is 0.542. The fourth-order valence-corrected chi connectivity index (χ4v) is 5.16. The summed E-state index contributed by atoms with van der Waals surface area (Å²) in [7, 11) is 0. The molecule has 168 valence electrons. The molecule has 1 amide bonds. The molecule has 0 aromatic carbocycles. The number of pyridine rings is 1. The van der Waals surface area contributed by atoms with Crippen molar-refractivity contribution in [1.29, 1.82) is 0 Å². The average Bonchev–Trinajstić information content (AvgIpc) is 3.40. The molecule has 5 rings (SSSR count). The highest BCUT2D eigenvalue weighted by Crippen LogP contribution is 2.36. The van der Waals surface area contributed by atoms with E-state index in [1.54, 1.807) is 17.5 Å². The summed E-state index contributed by atoms with van der Waals surface area (Å²) in [6, 6.07) is 2.10. The lowest BCUT2D eigenvalue weighted by atomic mass is 9.79. The van der Waals surface area contributed by atoms with Gasteiger partial charge in [-0.1, -0.05) is 6.07 Å². The number of aromatic nitrogens is 5. The summed E-state index contributed by atoms with van der Waals surface area (Å²) in [5.74, 6) is 1.50.